The molecule has 0 spiro atoms. The molecule has 138 valence electrons. The number of rotatable bonds is 8. The molecule has 1 amide bonds. The molecule has 0 aliphatic rings. The molecule has 1 N–H and O–H groups in total. The maximum atomic E-state index is 12.1. The number of Topliss-reactive ketones (excluding diaryl/α,β-unsaturated/α-hetero) is 1. The van der Waals surface area contributed by atoms with Gasteiger partial charge in [-0.15, -0.1) is 0 Å². The topological polar surface area (TPSA) is 68.3 Å². The van der Waals surface area contributed by atoms with Gasteiger partial charge in [0.25, 0.3) is 0 Å². The van der Waals surface area contributed by atoms with Gasteiger partial charge in [0.1, 0.15) is 0 Å². The van der Waals surface area contributed by atoms with Crippen LogP contribution in [0.1, 0.15) is 28.6 Å². The zero-order valence-electron chi connectivity index (χ0n) is 15.0. The number of ketones is 1. The summed E-state index contributed by atoms with van der Waals surface area (Å²) in [4.78, 5) is 29.0. The van der Waals surface area contributed by atoms with Crippen molar-refractivity contribution >= 4 is 28.2 Å². The molecule has 3 rings (SSSR count). The fourth-order valence-electron chi connectivity index (χ4n) is 2.51. The third kappa shape index (κ3) is 5.32. The van der Waals surface area contributed by atoms with Gasteiger partial charge in [-0.1, -0.05) is 72.0 Å². The largest absolute Gasteiger partial charge is 0.376 e. The number of aromatic nitrogens is 1. The van der Waals surface area contributed by atoms with Gasteiger partial charge in [-0.25, -0.2) is 4.98 Å². The molecule has 2 aromatic carbocycles. The lowest BCUT2D eigenvalue weighted by atomic mass is 10.1. The van der Waals surface area contributed by atoms with Crippen LogP contribution in [0.25, 0.3) is 11.3 Å². The van der Waals surface area contributed by atoms with Gasteiger partial charge in [-0.3, -0.25) is 9.59 Å². The molecule has 0 bridgehead atoms. The van der Waals surface area contributed by atoms with E-state index in [4.69, 9.17) is 4.74 Å². The van der Waals surface area contributed by atoms with Gasteiger partial charge >= 0.3 is 0 Å². The first-order valence-corrected chi connectivity index (χ1v) is 9.44. The minimum absolute atomic E-state index is 0.0713. The van der Waals surface area contributed by atoms with E-state index in [2.05, 4.69) is 10.3 Å². The van der Waals surface area contributed by atoms with Crippen LogP contribution >= 0.6 is 11.3 Å². The van der Waals surface area contributed by atoms with Crippen LogP contribution in [0.2, 0.25) is 0 Å². The zero-order valence-corrected chi connectivity index (χ0v) is 15.8. The molecule has 1 heterocycles. The minimum Gasteiger partial charge on any atom is -0.376 e. The Kier molecular flexibility index (Phi) is 6.46. The van der Waals surface area contributed by atoms with Crippen LogP contribution in [-0.2, 0) is 16.1 Å². The smallest absolute Gasteiger partial charge is 0.228 e. The van der Waals surface area contributed by atoms with Gasteiger partial charge in [0, 0.05) is 12.5 Å². The van der Waals surface area contributed by atoms with Crippen LogP contribution in [-0.4, -0.2) is 23.3 Å². The van der Waals surface area contributed by atoms with E-state index in [0.29, 0.717) is 28.9 Å². The van der Waals surface area contributed by atoms with Crippen LogP contribution in [0.15, 0.2) is 60.7 Å². The van der Waals surface area contributed by atoms with Crippen LogP contribution in [0.5, 0.6) is 0 Å². The predicted octanol–water partition coefficient (Wildman–Crippen LogP) is 4.56. The Morgan fingerprint density at radius 2 is 1.70 bits per heavy atom. The lowest BCUT2D eigenvalue weighted by molar-refractivity contribution is -0.117. The monoisotopic (exact) mass is 380 g/mol. The summed E-state index contributed by atoms with van der Waals surface area (Å²) in [6.45, 7) is 2.29. The first-order valence-electron chi connectivity index (χ1n) is 8.62. The molecule has 0 aliphatic carbocycles. The summed E-state index contributed by atoms with van der Waals surface area (Å²) >= 11 is 1.19. The Hall–Kier alpha value is -2.83. The second-order valence-corrected chi connectivity index (χ2v) is 6.95. The number of ether oxygens (including phenoxy) is 1. The fourth-order valence-corrected chi connectivity index (χ4v) is 3.41. The number of benzene rings is 2. The highest BCUT2D eigenvalue weighted by molar-refractivity contribution is 7.18. The van der Waals surface area contributed by atoms with E-state index in [1.54, 1.807) is 0 Å². The van der Waals surface area contributed by atoms with Crippen molar-refractivity contribution in [2.24, 2.45) is 0 Å². The van der Waals surface area contributed by atoms with Crippen molar-refractivity contribution in [3.8, 4) is 11.3 Å². The van der Waals surface area contributed by atoms with E-state index in [-0.39, 0.29) is 18.1 Å². The highest BCUT2D eigenvalue weighted by Crippen LogP contribution is 2.31. The van der Waals surface area contributed by atoms with Gasteiger partial charge in [0.05, 0.1) is 30.2 Å². The average molecular weight is 380 g/mol. The summed E-state index contributed by atoms with van der Waals surface area (Å²) < 4.78 is 5.53. The Bertz CT molecular complexity index is 908. The van der Waals surface area contributed by atoms with Crippen LogP contribution in [0, 0.1) is 0 Å². The molecule has 0 atom stereocenters. The number of hydrogen-bond donors (Lipinski definition) is 1. The molecule has 1 aromatic heterocycles. The van der Waals surface area contributed by atoms with Crippen molar-refractivity contribution in [2.75, 3.05) is 11.9 Å². The molecule has 27 heavy (non-hydrogen) atoms. The third-order valence-electron chi connectivity index (χ3n) is 3.83. The van der Waals surface area contributed by atoms with E-state index >= 15 is 0 Å². The summed E-state index contributed by atoms with van der Waals surface area (Å²) in [5, 5.41) is 3.19. The maximum Gasteiger partial charge on any atom is 0.228 e. The average Bonchev–Trinajstić information content (AvgIpc) is 3.11. The van der Waals surface area contributed by atoms with Crippen molar-refractivity contribution in [1.82, 2.24) is 4.98 Å². The third-order valence-corrected chi connectivity index (χ3v) is 4.90. The second kappa shape index (κ2) is 9.21. The number of anilines is 1. The van der Waals surface area contributed by atoms with Crippen molar-refractivity contribution in [3.63, 3.8) is 0 Å². The summed E-state index contributed by atoms with van der Waals surface area (Å²) in [5.74, 6) is -0.260. The van der Waals surface area contributed by atoms with Crippen molar-refractivity contribution in [1.29, 1.82) is 0 Å². The molecule has 3 aromatic rings. The van der Waals surface area contributed by atoms with E-state index in [1.165, 1.54) is 18.3 Å². The normalized spacial score (nSPS) is 10.6. The van der Waals surface area contributed by atoms with Gasteiger partial charge in [0.2, 0.25) is 5.91 Å². The van der Waals surface area contributed by atoms with E-state index < -0.39 is 0 Å². The first kappa shape index (κ1) is 18.9. The van der Waals surface area contributed by atoms with Gasteiger partial charge in [0.15, 0.2) is 10.9 Å². The summed E-state index contributed by atoms with van der Waals surface area (Å²) in [5.41, 5.74) is 2.52. The van der Waals surface area contributed by atoms with Crippen molar-refractivity contribution < 1.29 is 14.3 Å². The SMILES string of the molecule is CC(=O)c1sc(NC(=O)CCOCc2ccccc2)nc1-c1ccccc1. The zero-order chi connectivity index (χ0) is 19.1. The van der Waals surface area contributed by atoms with Crippen LogP contribution in [0.3, 0.4) is 0 Å². The second-order valence-electron chi connectivity index (χ2n) is 5.96. The van der Waals surface area contributed by atoms with Gasteiger partial charge < -0.3 is 10.1 Å². The quantitative estimate of drug-likeness (QED) is 0.459. The Morgan fingerprint density at radius 1 is 1.04 bits per heavy atom. The Balaban J connectivity index is 1.57. The predicted molar refractivity (Wildman–Crippen MR) is 107 cm³/mol. The summed E-state index contributed by atoms with van der Waals surface area (Å²) in [6, 6.07) is 19.3. The highest BCUT2D eigenvalue weighted by Gasteiger charge is 2.17. The molecule has 0 unspecified atom stereocenters. The first-order chi connectivity index (χ1) is 13.1. The minimum atomic E-state index is -0.188. The molecule has 0 saturated heterocycles. The summed E-state index contributed by atoms with van der Waals surface area (Å²) in [6.07, 6.45) is 0.225. The fraction of sp³-hybridized carbons (Fsp3) is 0.190. The molecule has 0 fully saturated rings. The van der Waals surface area contributed by atoms with Crippen molar-refractivity contribution in [3.05, 3.63) is 71.1 Å². The van der Waals surface area contributed by atoms with Crippen molar-refractivity contribution in [2.45, 2.75) is 20.0 Å². The number of carbonyl (C=O) groups excluding carboxylic acids is 2. The molecule has 6 heteroatoms. The molecular formula is C21H20N2O3S. The molecule has 0 aliphatic heterocycles. The standard InChI is InChI=1S/C21H20N2O3S/c1-15(24)20-19(17-10-6-3-7-11-17)23-21(27-20)22-18(25)12-13-26-14-16-8-4-2-5-9-16/h2-11H,12-14H2,1H3,(H,22,23,25). The number of nitrogens with zero attached hydrogens (tertiary/aromatic N) is 1. The van der Waals surface area contributed by atoms with E-state index in [1.807, 2.05) is 60.7 Å². The Morgan fingerprint density at radius 3 is 2.37 bits per heavy atom. The lowest BCUT2D eigenvalue weighted by Gasteiger charge is -2.04. The summed E-state index contributed by atoms with van der Waals surface area (Å²) in [7, 11) is 0. The highest BCUT2D eigenvalue weighted by atomic mass is 32.1. The van der Waals surface area contributed by atoms with Crippen LogP contribution < -0.4 is 5.32 Å². The maximum absolute atomic E-state index is 12.1. The number of carbonyl (C=O) groups is 2. The lowest BCUT2D eigenvalue weighted by Crippen LogP contribution is -2.14. The molecule has 5 nitrogen and oxygen atoms in total. The van der Waals surface area contributed by atoms with Gasteiger partial charge in [-0.05, 0) is 5.56 Å². The molecule has 0 radical (unpaired) electrons. The Labute approximate surface area is 162 Å². The number of hydrogen-bond acceptors (Lipinski definition) is 5. The van der Waals surface area contributed by atoms with E-state index in [0.717, 1.165) is 11.1 Å². The van der Waals surface area contributed by atoms with E-state index in [9.17, 15) is 9.59 Å². The molecular weight excluding hydrogens is 360 g/mol. The number of thiazole rings is 1. The van der Waals surface area contributed by atoms with Gasteiger partial charge in [-0.2, -0.15) is 0 Å². The molecule has 0 saturated carbocycles. The number of amides is 1. The van der Waals surface area contributed by atoms with Crippen LogP contribution in [0.4, 0.5) is 5.13 Å². The number of nitrogens with one attached hydrogen (secondary N) is 1.